The third-order valence-electron chi connectivity index (χ3n) is 3.88. The van der Waals surface area contributed by atoms with E-state index >= 15 is 0 Å². The Bertz CT molecular complexity index is 359. The van der Waals surface area contributed by atoms with Crippen molar-refractivity contribution in [3.8, 4) is 0 Å². The van der Waals surface area contributed by atoms with Crippen LogP contribution >= 0.6 is 0 Å². The molecule has 2 atom stereocenters. The van der Waals surface area contributed by atoms with Crippen LogP contribution in [0.1, 0.15) is 32.1 Å². The highest BCUT2D eigenvalue weighted by molar-refractivity contribution is 5.85. The molecule has 2 aliphatic heterocycles. The molecule has 1 aliphatic carbocycles. The second-order valence-electron chi connectivity index (χ2n) is 4.82. The Morgan fingerprint density at radius 2 is 2.20 bits per heavy atom. The van der Waals surface area contributed by atoms with E-state index in [0.29, 0.717) is 31.0 Å². The first-order chi connectivity index (χ1) is 7.25. The molecule has 0 aromatic rings. The van der Waals surface area contributed by atoms with Crippen molar-refractivity contribution in [2.24, 2.45) is 5.92 Å². The molecule has 3 heteroatoms. The molecule has 3 rings (SSSR count). The summed E-state index contributed by atoms with van der Waals surface area (Å²) in [5.41, 5.74) is 1.22. The van der Waals surface area contributed by atoms with Gasteiger partial charge in [0, 0.05) is 25.8 Å². The van der Waals surface area contributed by atoms with Crippen molar-refractivity contribution >= 4 is 11.7 Å². The Kier molecular flexibility index (Phi) is 1.94. The number of rotatable bonds is 0. The predicted molar refractivity (Wildman–Crippen MR) is 55.2 cm³/mol. The molecule has 3 nitrogen and oxygen atoms in total. The lowest BCUT2D eigenvalue weighted by Crippen LogP contribution is -2.53. The maximum Gasteiger partial charge on any atom is 0.223 e. The highest BCUT2D eigenvalue weighted by atomic mass is 16.2. The van der Waals surface area contributed by atoms with Gasteiger partial charge in [0.05, 0.1) is 6.04 Å². The zero-order valence-electron chi connectivity index (χ0n) is 8.74. The van der Waals surface area contributed by atoms with Crippen molar-refractivity contribution in [3.63, 3.8) is 0 Å². The van der Waals surface area contributed by atoms with E-state index in [-0.39, 0.29) is 11.9 Å². The lowest BCUT2D eigenvalue weighted by molar-refractivity contribution is -0.140. The fourth-order valence-corrected chi connectivity index (χ4v) is 3.28. The molecule has 0 unspecified atom stereocenters. The summed E-state index contributed by atoms with van der Waals surface area (Å²) in [6.45, 7) is 0.859. The van der Waals surface area contributed by atoms with Gasteiger partial charge in [0.15, 0.2) is 0 Å². The van der Waals surface area contributed by atoms with Crippen LogP contribution in [0.3, 0.4) is 0 Å². The number of amides is 1. The quantitative estimate of drug-likeness (QED) is 0.559. The summed E-state index contributed by atoms with van der Waals surface area (Å²) >= 11 is 0. The molecule has 0 radical (unpaired) electrons. The average Bonchev–Trinajstić information content (AvgIpc) is 2.23. The van der Waals surface area contributed by atoms with Crippen LogP contribution < -0.4 is 0 Å². The Morgan fingerprint density at radius 1 is 1.33 bits per heavy atom. The van der Waals surface area contributed by atoms with Gasteiger partial charge in [-0.3, -0.25) is 9.59 Å². The van der Waals surface area contributed by atoms with Crippen LogP contribution in [0.15, 0.2) is 11.6 Å². The first kappa shape index (κ1) is 9.13. The van der Waals surface area contributed by atoms with Gasteiger partial charge in [-0.05, 0) is 24.3 Å². The van der Waals surface area contributed by atoms with Crippen LogP contribution in [0.25, 0.3) is 0 Å². The summed E-state index contributed by atoms with van der Waals surface area (Å²) in [5.74, 6) is 1.06. The fourth-order valence-electron chi connectivity index (χ4n) is 3.28. The van der Waals surface area contributed by atoms with Gasteiger partial charge in [0.25, 0.3) is 0 Å². The molecule has 0 spiro atoms. The average molecular weight is 205 g/mol. The number of carbonyl (C=O) groups excluding carboxylic acids is 2. The molecule has 0 aromatic heterocycles. The summed E-state index contributed by atoms with van der Waals surface area (Å²) in [6.07, 6.45) is 5.93. The molecule has 15 heavy (non-hydrogen) atoms. The summed E-state index contributed by atoms with van der Waals surface area (Å²) < 4.78 is 0. The molecule has 0 aromatic carbocycles. The molecule has 1 saturated heterocycles. The van der Waals surface area contributed by atoms with Gasteiger partial charge >= 0.3 is 0 Å². The fraction of sp³-hybridized carbons (Fsp3) is 0.667. The minimum atomic E-state index is 0.276. The van der Waals surface area contributed by atoms with E-state index in [9.17, 15) is 9.59 Å². The SMILES string of the molecule is O=C1CC2=CCCN3C(=O)CC[C@@H](C1)[C@@H]23. The van der Waals surface area contributed by atoms with E-state index in [2.05, 4.69) is 6.08 Å². The molecule has 2 heterocycles. The smallest absolute Gasteiger partial charge is 0.223 e. The van der Waals surface area contributed by atoms with Gasteiger partial charge in [-0.1, -0.05) is 6.08 Å². The summed E-state index contributed by atoms with van der Waals surface area (Å²) in [4.78, 5) is 25.3. The number of hydrogen-bond donors (Lipinski definition) is 0. The monoisotopic (exact) mass is 205 g/mol. The van der Waals surface area contributed by atoms with Crippen LogP contribution in [0.5, 0.6) is 0 Å². The topological polar surface area (TPSA) is 37.4 Å². The van der Waals surface area contributed by atoms with Crippen LogP contribution in [-0.4, -0.2) is 29.2 Å². The van der Waals surface area contributed by atoms with Gasteiger partial charge in [0.2, 0.25) is 5.91 Å². The Hall–Kier alpha value is -1.12. The van der Waals surface area contributed by atoms with E-state index in [1.807, 2.05) is 4.90 Å². The Morgan fingerprint density at radius 3 is 3.07 bits per heavy atom. The van der Waals surface area contributed by atoms with Gasteiger partial charge < -0.3 is 4.90 Å². The molecular formula is C12H15NO2. The first-order valence-electron chi connectivity index (χ1n) is 5.76. The second kappa shape index (κ2) is 3.19. The number of Topliss-reactive ketones (excluding diaryl/α,β-unsaturated/α-hetero) is 1. The molecule has 2 fully saturated rings. The van der Waals surface area contributed by atoms with Crippen LogP contribution in [0, 0.1) is 5.92 Å². The highest BCUT2D eigenvalue weighted by Crippen LogP contribution is 2.39. The second-order valence-corrected chi connectivity index (χ2v) is 4.82. The number of piperidine rings is 1. The predicted octanol–water partition coefficient (Wildman–Crippen LogP) is 1.29. The van der Waals surface area contributed by atoms with E-state index < -0.39 is 0 Å². The molecule has 3 aliphatic rings. The van der Waals surface area contributed by atoms with E-state index in [1.165, 1.54) is 5.57 Å². The molecule has 0 N–H and O–H groups in total. The van der Waals surface area contributed by atoms with Gasteiger partial charge in [0.1, 0.15) is 5.78 Å². The van der Waals surface area contributed by atoms with Gasteiger partial charge in [-0.15, -0.1) is 0 Å². The normalized spacial score (nSPS) is 34.9. The van der Waals surface area contributed by atoms with Crippen molar-refractivity contribution in [1.82, 2.24) is 4.90 Å². The zero-order chi connectivity index (χ0) is 10.4. The van der Waals surface area contributed by atoms with E-state index in [0.717, 1.165) is 19.4 Å². The largest absolute Gasteiger partial charge is 0.335 e. The van der Waals surface area contributed by atoms with Crippen LogP contribution in [0.4, 0.5) is 0 Å². The number of hydrogen-bond acceptors (Lipinski definition) is 2. The van der Waals surface area contributed by atoms with E-state index in [1.54, 1.807) is 0 Å². The third-order valence-corrected chi connectivity index (χ3v) is 3.88. The summed E-state index contributed by atoms with van der Waals surface area (Å²) in [6, 6.07) is 0.276. The van der Waals surface area contributed by atoms with Crippen molar-refractivity contribution in [2.75, 3.05) is 6.54 Å². The Labute approximate surface area is 89.1 Å². The third kappa shape index (κ3) is 1.33. The van der Waals surface area contributed by atoms with E-state index in [4.69, 9.17) is 0 Å². The maximum absolute atomic E-state index is 11.8. The molecule has 1 amide bonds. The molecular weight excluding hydrogens is 190 g/mol. The standard InChI is InChI=1S/C12H15NO2/c14-10-6-8-2-1-5-13-11(15)4-3-9(7-10)12(8)13/h2,9,12H,1,3-7H2/t9-,12+/m0/s1. The number of ketones is 1. The highest BCUT2D eigenvalue weighted by Gasteiger charge is 2.42. The lowest BCUT2D eigenvalue weighted by Gasteiger charge is -2.46. The minimum absolute atomic E-state index is 0.276. The molecule has 0 bridgehead atoms. The molecule has 80 valence electrons. The zero-order valence-corrected chi connectivity index (χ0v) is 8.74. The Balaban J connectivity index is 1.97. The summed E-state index contributed by atoms with van der Waals surface area (Å²) in [7, 11) is 0. The van der Waals surface area contributed by atoms with Gasteiger partial charge in [-0.2, -0.15) is 0 Å². The summed E-state index contributed by atoms with van der Waals surface area (Å²) in [5, 5.41) is 0. The first-order valence-corrected chi connectivity index (χ1v) is 5.76. The van der Waals surface area contributed by atoms with Crippen LogP contribution in [0.2, 0.25) is 0 Å². The maximum atomic E-state index is 11.8. The van der Waals surface area contributed by atoms with Crippen molar-refractivity contribution < 1.29 is 9.59 Å². The molecule has 1 saturated carbocycles. The lowest BCUT2D eigenvalue weighted by atomic mass is 9.73. The number of nitrogens with zero attached hydrogens (tertiary/aromatic N) is 1. The van der Waals surface area contributed by atoms with Crippen molar-refractivity contribution in [1.29, 1.82) is 0 Å². The van der Waals surface area contributed by atoms with Crippen molar-refractivity contribution in [3.05, 3.63) is 11.6 Å². The van der Waals surface area contributed by atoms with Crippen molar-refractivity contribution in [2.45, 2.75) is 38.1 Å². The van der Waals surface area contributed by atoms with Gasteiger partial charge in [-0.25, -0.2) is 0 Å². The minimum Gasteiger partial charge on any atom is -0.335 e. The van der Waals surface area contributed by atoms with Crippen LogP contribution in [-0.2, 0) is 9.59 Å². The number of carbonyl (C=O) groups is 2.